The van der Waals surface area contributed by atoms with E-state index in [9.17, 15) is 14.4 Å². The third-order valence-electron chi connectivity index (χ3n) is 4.96. The first kappa shape index (κ1) is 19.9. The van der Waals surface area contributed by atoms with Crippen LogP contribution in [0, 0.1) is 5.92 Å². The fourth-order valence-electron chi connectivity index (χ4n) is 3.26. The van der Waals surface area contributed by atoms with Crippen LogP contribution in [0.3, 0.4) is 0 Å². The Hall–Kier alpha value is -2.83. The van der Waals surface area contributed by atoms with Gasteiger partial charge in [0, 0.05) is 18.4 Å². The first-order chi connectivity index (χ1) is 13.1. The van der Waals surface area contributed by atoms with E-state index in [0.29, 0.717) is 23.1 Å². The zero-order valence-electron chi connectivity index (χ0n) is 16.6. The predicted octanol–water partition coefficient (Wildman–Crippen LogP) is 3.53. The Morgan fingerprint density at radius 3 is 2.50 bits per heavy atom. The van der Waals surface area contributed by atoms with Crippen LogP contribution in [-0.4, -0.2) is 23.6 Å². The summed E-state index contributed by atoms with van der Waals surface area (Å²) in [6.45, 7) is 8.44. The van der Waals surface area contributed by atoms with Crippen LogP contribution in [0.5, 0.6) is 5.75 Å². The Morgan fingerprint density at radius 1 is 1.18 bits per heavy atom. The number of fused-ring (bicyclic) bond motifs is 3. The normalized spacial score (nSPS) is 21.3. The highest BCUT2D eigenvalue weighted by molar-refractivity contribution is 5.83. The quantitative estimate of drug-likeness (QED) is 0.584. The van der Waals surface area contributed by atoms with E-state index in [2.05, 4.69) is 0 Å². The summed E-state index contributed by atoms with van der Waals surface area (Å²) >= 11 is 0. The van der Waals surface area contributed by atoms with Crippen molar-refractivity contribution in [2.75, 3.05) is 0 Å². The Labute approximate surface area is 162 Å². The van der Waals surface area contributed by atoms with Gasteiger partial charge in [0.25, 0.3) is 0 Å². The topological polar surface area (TPSA) is 92.0 Å². The highest BCUT2D eigenvalue weighted by atomic mass is 16.6. The summed E-state index contributed by atoms with van der Waals surface area (Å²) in [6.07, 6.45) is -1.28. The summed E-state index contributed by atoms with van der Waals surface area (Å²) in [4.78, 5) is 36.2. The molecule has 0 saturated carbocycles. The van der Waals surface area contributed by atoms with Gasteiger partial charge in [0.1, 0.15) is 16.9 Å². The van der Waals surface area contributed by atoms with E-state index in [1.807, 2.05) is 6.92 Å². The van der Waals surface area contributed by atoms with Crippen molar-refractivity contribution in [3.05, 3.63) is 40.2 Å². The second-order valence-electron chi connectivity index (χ2n) is 7.55. The molecule has 0 unspecified atom stereocenters. The molecule has 0 aliphatic carbocycles. The highest BCUT2D eigenvalue weighted by Crippen LogP contribution is 2.46. The molecule has 7 heteroatoms. The average molecular weight is 388 g/mol. The second kappa shape index (κ2) is 7.30. The maximum Gasteiger partial charge on any atom is 0.336 e. The average Bonchev–Trinajstić information content (AvgIpc) is 2.62. The monoisotopic (exact) mass is 388 g/mol. The zero-order chi connectivity index (χ0) is 20.6. The molecule has 28 heavy (non-hydrogen) atoms. The molecular weight excluding hydrogens is 364 g/mol. The molecule has 3 rings (SSSR count). The number of carbonyl (C=O) groups excluding carboxylic acids is 2. The maximum atomic E-state index is 12.5. The molecule has 0 spiro atoms. The van der Waals surface area contributed by atoms with Crippen molar-refractivity contribution >= 4 is 22.9 Å². The molecular formula is C21H24O7. The van der Waals surface area contributed by atoms with Gasteiger partial charge in [0.2, 0.25) is 0 Å². The van der Waals surface area contributed by atoms with E-state index >= 15 is 0 Å². The zero-order valence-corrected chi connectivity index (χ0v) is 16.6. The summed E-state index contributed by atoms with van der Waals surface area (Å²) in [5.41, 5.74) is -0.887. The molecule has 1 aliphatic heterocycles. The van der Waals surface area contributed by atoms with Crippen molar-refractivity contribution < 1.29 is 28.2 Å². The van der Waals surface area contributed by atoms with E-state index in [1.54, 1.807) is 39.0 Å². The van der Waals surface area contributed by atoms with Gasteiger partial charge in [0.15, 0.2) is 12.2 Å². The van der Waals surface area contributed by atoms with Gasteiger partial charge in [-0.15, -0.1) is 0 Å². The van der Waals surface area contributed by atoms with Crippen molar-refractivity contribution in [1.29, 1.82) is 0 Å². The SMILES string of the molecule is CC[C@H](C)C(=O)O[C@H]1[C@@H](OC(C)=O)c2c(ccc3ccc(=O)oc23)OC1(C)C. The number of hydrogen-bond donors (Lipinski definition) is 0. The number of rotatable bonds is 4. The fourth-order valence-corrected chi connectivity index (χ4v) is 3.26. The van der Waals surface area contributed by atoms with Crippen LogP contribution in [0.25, 0.3) is 11.0 Å². The summed E-state index contributed by atoms with van der Waals surface area (Å²) in [6, 6.07) is 6.40. The van der Waals surface area contributed by atoms with Crippen LogP contribution in [0.2, 0.25) is 0 Å². The van der Waals surface area contributed by atoms with E-state index in [0.717, 1.165) is 0 Å². The third-order valence-corrected chi connectivity index (χ3v) is 4.96. The van der Waals surface area contributed by atoms with E-state index in [-0.39, 0.29) is 11.5 Å². The maximum absolute atomic E-state index is 12.5. The minimum absolute atomic E-state index is 0.247. The summed E-state index contributed by atoms with van der Waals surface area (Å²) in [5.74, 6) is -0.866. The Kier molecular flexibility index (Phi) is 5.19. The van der Waals surface area contributed by atoms with Crippen LogP contribution in [0.1, 0.15) is 52.7 Å². The largest absolute Gasteiger partial charge is 0.483 e. The van der Waals surface area contributed by atoms with E-state index < -0.39 is 35.4 Å². The minimum atomic E-state index is -0.974. The van der Waals surface area contributed by atoms with Crippen LogP contribution in [0.4, 0.5) is 0 Å². The van der Waals surface area contributed by atoms with Gasteiger partial charge >= 0.3 is 17.6 Å². The van der Waals surface area contributed by atoms with Gasteiger partial charge in [-0.3, -0.25) is 9.59 Å². The third kappa shape index (κ3) is 3.61. The molecule has 150 valence electrons. The van der Waals surface area contributed by atoms with Gasteiger partial charge in [-0.1, -0.05) is 13.8 Å². The number of ether oxygens (including phenoxy) is 3. The Bertz CT molecular complexity index is 972. The molecule has 1 aromatic heterocycles. The molecule has 0 fully saturated rings. The van der Waals surface area contributed by atoms with Gasteiger partial charge in [-0.05, 0) is 38.5 Å². The molecule has 1 aromatic carbocycles. The van der Waals surface area contributed by atoms with Crippen LogP contribution < -0.4 is 10.4 Å². The van der Waals surface area contributed by atoms with E-state index in [4.69, 9.17) is 18.6 Å². The lowest BCUT2D eigenvalue weighted by atomic mass is 9.87. The van der Waals surface area contributed by atoms with Crippen molar-refractivity contribution in [2.45, 2.75) is 58.8 Å². The molecule has 7 nitrogen and oxygen atoms in total. The number of esters is 2. The lowest BCUT2D eigenvalue weighted by Gasteiger charge is -2.43. The molecule has 0 radical (unpaired) electrons. The number of benzene rings is 1. The molecule has 0 saturated heterocycles. The van der Waals surface area contributed by atoms with Gasteiger partial charge in [0.05, 0.1) is 11.5 Å². The summed E-state index contributed by atoms with van der Waals surface area (Å²) in [5, 5.41) is 0.644. The first-order valence-corrected chi connectivity index (χ1v) is 9.27. The Morgan fingerprint density at radius 2 is 1.86 bits per heavy atom. The molecule has 3 atom stereocenters. The summed E-state index contributed by atoms with van der Waals surface area (Å²) in [7, 11) is 0. The summed E-state index contributed by atoms with van der Waals surface area (Å²) < 4.78 is 22.8. The van der Waals surface area contributed by atoms with Crippen LogP contribution >= 0.6 is 0 Å². The minimum Gasteiger partial charge on any atom is -0.483 e. The fraction of sp³-hybridized carbons (Fsp3) is 0.476. The molecule has 2 aromatic rings. The molecule has 0 bridgehead atoms. The van der Waals surface area contributed by atoms with Gasteiger partial charge in [-0.25, -0.2) is 4.79 Å². The lowest BCUT2D eigenvalue weighted by Crippen LogP contribution is -2.52. The molecule has 0 N–H and O–H groups in total. The van der Waals surface area contributed by atoms with Crippen molar-refractivity contribution in [3.63, 3.8) is 0 Å². The van der Waals surface area contributed by atoms with Crippen molar-refractivity contribution in [3.8, 4) is 5.75 Å². The number of carbonyl (C=O) groups is 2. The smallest absolute Gasteiger partial charge is 0.336 e. The molecule has 0 amide bonds. The van der Waals surface area contributed by atoms with Crippen molar-refractivity contribution in [1.82, 2.24) is 0 Å². The standard InChI is InChI=1S/C21H24O7/c1-6-11(2)20(24)27-19-18(25-12(3)22)16-14(28-21(19,4)5)9-7-13-8-10-15(23)26-17(13)16/h7-11,18-19H,6H2,1-5H3/t11-,18-,19-/m0/s1. The number of hydrogen-bond acceptors (Lipinski definition) is 7. The van der Waals surface area contributed by atoms with Gasteiger partial charge in [-0.2, -0.15) is 0 Å². The van der Waals surface area contributed by atoms with Crippen LogP contribution in [0.15, 0.2) is 33.5 Å². The highest BCUT2D eigenvalue weighted by Gasteiger charge is 2.50. The molecule has 2 heterocycles. The van der Waals surface area contributed by atoms with E-state index in [1.165, 1.54) is 13.0 Å². The van der Waals surface area contributed by atoms with Crippen LogP contribution in [-0.2, 0) is 19.1 Å². The molecule has 1 aliphatic rings. The first-order valence-electron chi connectivity index (χ1n) is 9.27. The Balaban J connectivity index is 2.19. The second-order valence-corrected chi connectivity index (χ2v) is 7.55. The van der Waals surface area contributed by atoms with Gasteiger partial charge < -0.3 is 18.6 Å². The van der Waals surface area contributed by atoms with Crippen molar-refractivity contribution in [2.24, 2.45) is 5.92 Å². The predicted molar refractivity (Wildman–Crippen MR) is 101 cm³/mol. The lowest BCUT2D eigenvalue weighted by molar-refractivity contribution is -0.192.